The Labute approximate surface area is 129 Å². The van der Waals surface area contributed by atoms with Gasteiger partial charge in [0.2, 0.25) is 0 Å². The lowest BCUT2D eigenvalue weighted by molar-refractivity contribution is 0.102. The van der Waals surface area contributed by atoms with Crippen molar-refractivity contribution < 1.29 is 18.7 Å². The number of carbonyl (C=O) groups is 1. The Bertz CT molecular complexity index is 599. The number of alkyl halides is 2. The summed E-state index contributed by atoms with van der Waals surface area (Å²) in [6.07, 6.45) is 0.550. The van der Waals surface area contributed by atoms with Crippen LogP contribution in [0, 0.1) is 0 Å². The smallest absolute Gasteiger partial charge is 0.288 e. The van der Waals surface area contributed by atoms with Crippen molar-refractivity contribution in [2.24, 2.45) is 0 Å². The molecule has 0 radical (unpaired) electrons. The van der Waals surface area contributed by atoms with Crippen LogP contribution in [-0.2, 0) is 6.42 Å². The summed E-state index contributed by atoms with van der Waals surface area (Å²) in [6, 6.07) is 8.55. The van der Waals surface area contributed by atoms with Gasteiger partial charge in [-0.3, -0.25) is 4.79 Å². The van der Waals surface area contributed by atoms with Gasteiger partial charge in [-0.1, -0.05) is 23.9 Å². The molecule has 7 heteroatoms. The number of aliphatic hydroxyl groups excluding tert-OH is 1. The molecule has 2 rings (SSSR count). The molecule has 0 spiro atoms. The Morgan fingerprint density at radius 2 is 2.00 bits per heavy atom. The number of halogens is 2. The van der Waals surface area contributed by atoms with E-state index in [4.69, 9.17) is 5.11 Å². The van der Waals surface area contributed by atoms with Gasteiger partial charge in [-0.15, -0.1) is 11.3 Å². The van der Waals surface area contributed by atoms with Crippen molar-refractivity contribution in [3.05, 3.63) is 46.2 Å². The summed E-state index contributed by atoms with van der Waals surface area (Å²) in [4.78, 5) is 12.6. The fraction of sp³-hybridized carbons (Fsp3) is 0.214. The van der Waals surface area contributed by atoms with Crippen LogP contribution >= 0.6 is 23.1 Å². The zero-order valence-electron chi connectivity index (χ0n) is 10.9. The van der Waals surface area contributed by atoms with E-state index in [1.165, 1.54) is 6.07 Å². The monoisotopic (exact) mass is 329 g/mol. The minimum absolute atomic E-state index is 0.0646. The molecule has 0 aliphatic heterocycles. The predicted molar refractivity (Wildman–Crippen MR) is 81.4 cm³/mol. The number of hydrogen-bond acceptors (Lipinski definition) is 4. The highest BCUT2D eigenvalue weighted by Gasteiger charge is 2.17. The van der Waals surface area contributed by atoms with Crippen LogP contribution in [0.25, 0.3) is 0 Å². The molecule has 0 aliphatic rings. The molecule has 0 unspecified atom stereocenters. The largest absolute Gasteiger partial charge is 0.396 e. The summed E-state index contributed by atoms with van der Waals surface area (Å²) < 4.78 is 24.8. The second-order valence-electron chi connectivity index (χ2n) is 4.12. The minimum atomic E-state index is -2.55. The Morgan fingerprint density at radius 3 is 2.62 bits per heavy atom. The Balaban J connectivity index is 2.05. The van der Waals surface area contributed by atoms with Gasteiger partial charge in [0, 0.05) is 17.2 Å². The molecule has 21 heavy (non-hydrogen) atoms. The number of benzene rings is 1. The van der Waals surface area contributed by atoms with Gasteiger partial charge >= 0.3 is 0 Å². The maximum Gasteiger partial charge on any atom is 0.288 e. The molecule has 0 atom stereocenters. The SMILES string of the molecule is O=C(Nc1ccc(CCO)cc1)c1sccc1SC(F)F. The molecular formula is C14H13F2NO2S2. The average molecular weight is 329 g/mol. The maximum atomic E-state index is 12.4. The van der Waals surface area contributed by atoms with E-state index >= 15 is 0 Å². The van der Waals surface area contributed by atoms with Gasteiger partial charge in [0.25, 0.3) is 11.7 Å². The van der Waals surface area contributed by atoms with E-state index < -0.39 is 11.7 Å². The highest BCUT2D eigenvalue weighted by molar-refractivity contribution is 7.99. The molecule has 0 aliphatic carbocycles. The molecule has 1 amide bonds. The maximum absolute atomic E-state index is 12.4. The highest BCUT2D eigenvalue weighted by Crippen LogP contribution is 2.32. The van der Waals surface area contributed by atoms with Crippen molar-refractivity contribution in [2.45, 2.75) is 17.1 Å². The van der Waals surface area contributed by atoms with Crippen LogP contribution < -0.4 is 5.32 Å². The predicted octanol–water partition coefficient (Wildman–Crippen LogP) is 3.85. The molecule has 2 aromatic rings. The van der Waals surface area contributed by atoms with E-state index in [0.29, 0.717) is 23.9 Å². The fourth-order valence-corrected chi connectivity index (χ4v) is 3.32. The third-order valence-electron chi connectivity index (χ3n) is 2.66. The number of hydrogen-bond donors (Lipinski definition) is 2. The third kappa shape index (κ3) is 4.52. The summed E-state index contributed by atoms with van der Waals surface area (Å²) in [7, 11) is 0. The number of thiophene rings is 1. The lowest BCUT2D eigenvalue weighted by Crippen LogP contribution is -2.11. The summed E-state index contributed by atoms with van der Waals surface area (Å²) in [5, 5.41) is 13.1. The van der Waals surface area contributed by atoms with Gasteiger partial charge in [0.1, 0.15) is 4.88 Å². The van der Waals surface area contributed by atoms with Crippen LogP contribution in [0.4, 0.5) is 14.5 Å². The van der Waals surface area contributed by atoms with Gasteiger partial charge in [0.05, 0.1) is 0 Å². The average Bonchev–Trinajstić information content (AvgIpc) is 2.88. The number of amides is 1. The first-order valence-electron chi connectivity index (χ1n) is 6.13. The number of thioether (sulfide) groups is 1. The molecule has 2 N–H and O–H groups in total. The van der Waals surface area contributed by atoms with Crippen LogP contribution in [0.15, 0.2) is 40.6 Å². The minimum Gasteiger partial charge on any atom is -0.396 e. The number of aliphatic hydroxyl groups is 1. The molecule has 1 aromatic carbocycles. The Hall–Kier alpha value is -1.44. The molecule has 3 nitrogen and oxygen atoms in total. The summed E-state index contributed by atoms with van der Waals surface area (Å²) >= 11 is 1.50. The zero-order valence-corrected chi connectivity index (χ0v) is 12.5. The number of anilines is 1. The first-order valence-corrected chi connectivity index (χ1v) is 7.89. The molecular weight excluding hydrogens is 316 g/mol. The van der Waals surface area contributed by atoms with E-state index in [-0.39, 0.29) is 16.4 Å². The molecule has 0 saturated carbocycles. The lowest BCUT2D eigenvalue weighted by Gasteiger charge is -2.06. The van der Waals surface area contributed by atoms with Crippen molar-refractivity contribution >= 4 is 34.7 Å². The first-order chi connectivity index (χ1) is 10.1. The number of rotatable bonds is 6. The van der Waals surface area contributed by atoms with Crippen molar-refractivity contribution in [3.8, 4) is 0 Å². The first kappa shape index (κ1) is 15.9. The quantitative estimate of drug-likeness (QED) is 0.792. The third-order valence-corrected chi connectivity index (χ3v) is 4.48. The van der Waals surface area contributed by atoms with Gasteiger partial charge < -0.3 is 10.4 Å². The Kier molecular flexibility index (Phi) is 5.72. The van der Waals surface area contributed by atoms with Crippen molar-refractivity contribution in [1.29, 1.82) is 0 Å². The molecule has 1 aromatic heterocycles. The van der Waals surface area contributed by atoms with Crippen molar-refractivity contribution in [2.75, 3.05) is 11.9 Å². The number of carbonyl (C=O) groups excluding carboxylic acids is 1. The second kappa shape index (κ2) is 7.53. The topological polar surface area (TPSA) is 49.3 Å². The molecule has 1 heterocycles. The summed E-state index contributed by atoms with van der Waals surface area (Å²) in [6.45, 7) is 0.0646. The molecule has 112 valence electrons. The van der Waals surface area contributed by atoms with E-state index in [9.17, 15) is 13.6 Å². The highest BCUT2D eigenvalue weighted by atomic mass is 32.2. The van der Waals surface area contributed by atoms with Crippen LogP contribution in [0.2, 0.25) is 0 Å². The Morgan fingerprint density at radius 1 is 1.29 bits per heavy atom. The van der Waals surface area contributed by atoms with Crippen LogP contribution in [0.3, 0.4) is 0 Å². The summed E-state index contributed by atoms with van der Waals surface area (Å²) in [5.74, 6) is -2.95. The van der Waals surface area contributed by atoms with Crippen molar-refractivity contribution in [3.63, 3.8) is 0 Å². The standard InChI is InChI=1S/C14H13F2NO2S2/c15-14(16)21-11-6-8-20-12(11)13(19)17-10-3-1-9(2-4-10)5-7-18/h1-4,6,8,14,18H,5,7H2,(H,17,19). The van der Waals surface area contributed by atoms with Crippen LogP contribution in [0.1, 0.15) is 15.2 Å². The lowest BCUT2D eigenvalue weighted by atomic mass is 10.1. The normalized spacial score (nSPS) is 10.9. The van der Waals surface area contributed by atoms with Gasteiger partial charge in [-0.2, -0.15) is 8.78 Å². The van der Waals surface area contributed by atoms with Crippen LogP contribution in [-0.4, -0.2) is 23.4 Å². The summed E-state index contributed by atoms with van der Waals surface area (Å²) in [5.41, 5.74) is 1.55. The van der Waals surface area contributed by atoms with E-state index in [0.717, 1.165) is 16.9 Å². The van der Waals surface area contributed by atoms with Gasteiger partial charge in [-0.25, -0.2) is 0 Å². The molecule has 0 saturated heterocycles. The van der Waals surface area contributed by atoms with Crippen molar-refractivity contribution in [1.82, 2.24) is 0 Å². The number of nitrogens with one attached hydrogen (secondary N) is 1. The van der Waals surface area contributed by atoms with E-state index in [1.54, 1.807) is 29.6 Å². The molecule has 0 bridgehead atoms. The van der Waals surface area contributed by atoms with Gasteiger partial charge in [0.15, 0.2) is 0 Å². The fourth-order valence-electron chi connectivity index (χ4n) is 1.72. The van der Waals surface area contributed by atoms with Gasteiger partial charge in [-0.05, 0) is 35.6 Å². The van der Waals surface area contributed by atoms with E-state index in [1.807, 2.05) is 0 Å². The second-order valence-corrected chi connectivity index (χ2v) is 6.07. The van der Waals surface area contributed by atoms with E-state index in [2.05, 4.69) is 5.32 Å². The zero-order chi connectivity index (χ0) is 15.2. The molecule has 0 fully saturated rings. The van der Waals surface area contributed by atoms with Crippen LogP contribution in [0.5, 0.6) is 0 Å².